The van der Waals surface area contributed by atoms with Gasteiger partial charge in [0.25, 0.3) is 0 Å². The third kappa shape index (κ3) is 8.49. The van der Waals surface area contributed by atoms with E-state index in [1.807, 2.05) is 6.92 Å². The van der Waals surface area contributed by atoms with Gasteiger partial charge in [-0.25, -0.2) is 4.57 Å². The highest BCUT2D eigenvalue weighted by Gasteiger charge is 2.45. The Morgan fingerprint density at radius 3 is 1.64 bits per heavy atom. The molecule has 11 heteroatoms. The lowest BCUT2D eigenvalue weighted by atomic mass is 9.82. The molecule has 0 bridgehead atoms. The van der Waals surface area contributed by atoms with Gasteiger partial charge < -0.3 is 40.4 Å². The molecule has 0 aromatic carbocycles. The van der Waals surface area contributed by atoms with E-state index in [2.05, 4.69) is 0 Å². The van der Waals surface area contributed by atoms with Crippen LogP contribution in [0, 0.1) is 0 Å². The van der Waals surface area contributed by atoms with Gasteiger partial charge in [0.15, 0.2) is 0 Å². The van der Waals surface area contributed by atoms with E-state index < -0.39 is 25.4 Å². The zero-order valence-electron chi connectivity index (χ0n) is 12.3. The van der Waals surface area contributed by atoms with Crippen molar-refractivity contribution in [1.82, 2.24) is 0 Å². The van der Waals surface area contributed by atoms with Crippen molar-refractivity contribution in [2.24, 2.45) is 0 Å². The Morgan fingerprint density at radius 1 is 0.955 bits per heavy atom. The standard InChI is InChI=1S/C9H19O4P.C2H6O6/c1-2-6-9(13-14(10,11)12)7-4-3-5-8-9;3-1(4,5)2(6,7)8/h2-8H2,1H3,(H2,10,11,12);3-8H. The third-order valence-corrected chi connectivity index (χ3v) is 3.86. The summed E-state index contributed by atoms with van der Waals surface area (Å²) in [5, 5.41) is 46.3. The molecule has 1 aliphatic rings. The van der Waals surface area contributed by atoms with Crippen molar-refractivity contribution in [3.05, 3.63) is 0 Å². The summed E-state index contributed by atoms with van der Waals surface area (Å²) in [6.45, 7) is 2.01. The van der Waals surface area contributed by atoms with Crippen LogP contribution < -0.4 is 0 Å². The molecule has 0 aliphatic heterocycles. The summed E-state index contributed by atoms with van der Waals surface area (Å²) >= 11 is 0. The number of phosphoric ester groups is 1. The monoisotopic (exact) mass is 348 g/mol. The summed E-state index contributed by atoms with van der Waals surface area (Å²) in [5.41, 5.74) is -0.550. The molecule has 0 spiro atoms. The Morgan fingerprint density at radius 2 is 1.36 bits per heavy atom. The molecular weight excluding hydrogens is 323 g/mol. The van der Waals surface area contributed by atoms with Crippen LogP contribution in [0.25, 0.3) is 0 Å². The second-order valence-electron chi connectivity index (χ2n) is 5.35. The lowest BCUT2D eigenvalue weighted by Gasteiger charge is -2.36. The molecule has 0 aromatic heterocycles. The number of aliphatic hydroxyl groups is 6. The first-order valence-corrected chi connectivity index (χ1v) is 8.36. The van der Waals surface area contributed by atoms with Gasteiger partial charge in [-0.05, 0) is 19.3 Å². The van der Waals surface area contributed by atoms with Crippen LogP contribution >= 0.6 is 7.82 Å². The molecule has 0 amide bonds. The molecule has 10 nitrogen and oxygen atoms in total. The molecule has 0 heterocycles. The van der Waals surface area contributed by atoms with Crippen molar-refractivity contribution in [1.29, 1.82) is 0 Å². The predicted octanol–water partition coefficient (Wildman–Crippen LogP) is -1.15. The minimum atomic E-state index is -4.33. The van der Waals surface area contributed by atoms with Crippen molar-refractivity contribution in [3.8, 4) is 0 Å². The fourth-order valence-electron chi connectivity index (χ4n) is 2.29. The average molecular weight is 348 g/mol. The molecule has 0 atom stereocenters. The summed E-state index contributed by atoms with van der Waals surface area (Å²) in [6, 6.07) is 0. The lowest BCUT2D eigenvalue weighted by Crippen LogP contribution is -2.54. The van der Waals surface area contributed by atoms with Crippen LogP contribution in [0.15, 0.2) is 0 Å². The largest absolute Gasteiger partial charge is 0.470 e. The predicted molar refractivity (Wildman–Crippen MR) is 72.6 cm³/mol. The van der Waals surface area contributed by atoms with Gasteiger partial charge in [0.05, 0.1) is 5.60 Å². The number of hydrogen-bond acceptors (Lipinski definition) is 8. The van der Waals surface area contributed by atoms with Crippen LogP contribution in [0.2, 0.25) is 0 Å². The van der Waals surface area contributed by atoms with Gasteiger partial charge in [0.2, 0.25) is 0 Å². The zero-order chi connectivity index (χ0) is 17.7. The maximum Gasteiger partial charge on any atom is 0.470 e. The van der Waals surface area contributed by atoms with Crippen molar-refractivity contribution < 1.29 is 49.5 Å². The fraction of sp³-hybridized carbons (Fsp3) is 1.00. The highest BCUT2D eigenvalue weighted by Crippen LogP contribution is 2.48. The number of hydrogen-bond donors (Lipinski definition) is 8. The molecule has 0 aromatic rings. The summed E-state index contributed by atoms with van der Waals surface area (Å²) in [7, 11) is -4.33. The molecule has 0 unspecified atom stereocenters. The van der Waals surface area contributed by atoms with Gasteiger partial charge in [-0.15, -0.1) is 0 Å². The maximum absolute atomic E-state index is 10.9. The van der Waals surface area contributed by atoms with E-state index in [4.69, 9.17) is 44.9 Å². The molecule has 1 fully saturated rings. The van der Waals surface area contributed by atoms with Gasteiger partial charge in [-0.3, -0.25) is 4.52 Å². The minimum Gasteiger partial charge on any atom is -0.337 e. The highest BCUT2D eigenvalue weighted by atomic mass is 31.2. The van der Waals surface area contributed by atoms with E-state index in [1.165, 1.54) is 0 Å². The van der Waals surface area contributed by atoms with Gasteiger partial charge in [0.1, 0.15) is 0 Å². The Kier molecular flexibility index (Phi) is 8.06. The fourth-order valence-corrected chi connectivity index (χ4v) is 3.07. The maximum atomic E-state index is 10.9. The van der Waals surface area contributed by atoms with Crippen molar-refractivity contribution >= 4 is 7.82 Å². The second-order valence-corrected chi connectivity index (χ2v) is 6.51. The van der Waals surface area contributed by atoms with Crippen LogP contribution in [0.4, 0.5) is 0 Å². The normalized spacial score (nSPS) is 19.3. The van der Waals surface area contributed by atoms with E-state index in [0.29, 0.717) is 0 Å². The quantitative estimate of drug-likeness (QED) is 0.222. The van der Waals surface area contributed by atoms with E-state index in [-0.39, 0.29) is 0 Å². The molecule has 22 heavy (non-hydrogen) atoms. The molecule has 0 saturated heterocycles. The molecule has 1 rings (SSSR count). The Hall–Kier alpha value is -0.130. The minimum absolute atomic E-state index is 0.550. The SMILES string of the molecule is CCCC1(OP(=O)(O)O)CCCCC1.OC(O)(O)C(O)(O)O. The van der Waals surface area contributed by atoms with E-state index >= 15 is 0 Å². The Bertz CT molecular complexity index is 343. The first-order valence-electron chi connectivity index (χ1n) is 6.83. The molecule has 134 valence electrons. The van der Waals surface area contributed by atoms with Crippen LogP contribution in [0.1, 0.15) is 51.9 Å². The van der Waals surface area contributed by atoms with E-state index in [1.54, 1.807) is 0 Å². The third-order valence-electron chi connectivity index (χ3n) is 3.23. The van der Waals surface area contributed by atoms with Gasteiger partial charge in [-0.1, -0.05) is 32.6 Å². The molecule has 1 aliphatic carbocycles. The first kappa shape index (κ1) is 21.9. The van der Waals surface area contributed by atoms with Crippen LogP contribution in [0.5, 0.6) is 0 Å². The van der Waals surface area contributed by atoms with Crippen molar-refractivity contribution in [3.63, 3.8) is 0 Å². The second kappa shape index (κ2) is 8.11. The van der Waals surface area contributed by atoms with Crippen LogP contribution in [-0.2, 0) is 9.09 Å². The zero-order valence-corrected chi connectivity index (χ0v) is 13.2. The Labute approximate surface area is 127 Å². The molecular formula is C11H25O10P. The van der Waals surface area contributed by atoms with Gasteiger partial charge >= 0.3 is 19.8 Å². The van der Waals surface area contributed by atoms with Crippen molar-refractivity contribution in [2.75, 3.05) is 0 Å². The number of rotatable bonds is 5. The highest BCUT2D eigenvalue weighted by molar-refractivity contribution is 7.46. The van der Waals surface area contributed by atoms with Crippen molar-refractivity contribution in [2.45, 2.75) is 69.4 Å². The average Bonchev–Trinajstić information content (AvgIpc) is 2.25. The topological polar surface area (TPSA) is 188 Å². The summed E-state index contributed by atoms with van der Waals surface area (Å²) in [6.07, 6.45) is 6.39. The lowest BCUT2D eigenvalue weighted by molar-refractivity contribution is -0.512. The summed E-state index contributed by atoms with van der Waals surface area (Å²) < 4.78 is 15.8. The smallest absolute Gasteiger partial charge is 0.337 e. The summed E-state index contributed by atoms with van der Waals surface area (Å²) in [4.78, 5) is 17.7. The Balaban J connectivity index is 0.000000472. The van der Waals surface area contributed by atoms with E-state index in [9.17, 15) is 4.57 Å². The number of phosphoric acid groups is 1. The summed E-state index contributed by atoms with van der Waals surface area (Å²) in [5.74, 6) is -7.79. The van der Waals surface area contributed by atoms with Gasteiger partial charge in [0, 0.05) is 0 Å². The van der Waals surface area contributed by atoms with Gasteiger partial charge in [-0.2, -0.15) is 0 Å². The molecule has 0 radical (unpaired) electrons. The van der Waals surface area contributed by atoms with Crippen LogP contribution in [-0.4, -0.2) is 58.0 Å². The van der Waals surface area contributed by atoms with E-state index in [0.717, 1.165) is 44.9 Å². The molecule has 8 N–H and O–H groups in total. The first-order chi connectivity index (χ1) is 9.72. The molecule has 1 saturated carbocycles. The van der Waals surface area contributed by atoms with Crippen LogP contribution in [0.3, 0.4) is 0 Å².